The standard InChI is InChI=1S/C8H11N3O/c1-2-3-4-5-7-10-11-8(6-9)12-7/h2-5H,6,9H2,1H3/b3-2+,5-4+. The summed E-state index contributed by atoms with van der Waals surface area (Å²) < 4.78 is 5.11. The summed E-state index contributed by atoms with van der Waals surface area (Å²) in [6, 6.07) is 0. The fourth-order valence-corrected chi connectivity index (χ4v) is 0.665. The van der Waals surface area contributed by atoms with Crippen molar-refractivity contribution in [1.82, 2.24) is 10.2 Å². The van der Waals surface area contributed by atoms with Gasteiger partial charge in [0.25, 0.3) is 0 Å². The van der Waals surface area contributed by atoms with Gasteiger partial charge in [0.2, 0.25) is 11.8 Å². The summed E-state index contributed by atoms with van der Waals surface area (Å²) in [7, 11) is 0. The van der Waals surface area contributed by atoms with E-state index >= 15 is 0 Å². The van der Waals surface area contributed by atoms with E-state index in [1.54, 1.807) is 6.08 Å². The van der Waals surface area contributed by atoms with Crippen LogP contribution in [-0.4, -0.2) is 10.2 Å². The van der Waals surface area contributed by atoms with Gasteiger partial charge >= 0.3 is 0 Å². The van der Waals surface area contributed by atoms with Crippen molar-refractivity contribution < 1.29 is 4.42 Å². The highest BCUT2D eigenvalue weighted by atomic mass is 16.4. The lowest BCUT2D eigenvalue weighted by atomic mass is 10.4. The van der Waals surface area contributed by atoms with Crippen LogP contribution in [0.15, 0.2) is 22.6 Å². The van der Waals surface area contributed by atoms with Gasteiger partial charge in [-0.05, 0) is 6.92 Å². The molecule has 0 bridgehead atoms. The topological polar surface area (TPSA) is 64.9 Å². The molecule has 1 heterocycles. The summed E-state index contributed by atoms with van der Waals surface area (Å²) in [5.74, 6) is 0.934. The lowest BCUT2D eigenvalue weighted by Crippen LogP contribution is -1.95. The second-order valence-electron chi connectivity index (χ2n) is 2.12. The minimum absolute atomic E-state index is 0.282. The number of hydrogen-bond donors (Lipinski definition) is 1. The molecule has 0 aliphatic carbocycles. The van der Waals surface area contributed by atoms with E-state index in [1.807, 2.05) is 25.2 Å². The third-order valence-corrected chi connectivity index (χ3v) is 1.20. The molecule has 12 heavy (non-hydrogen) atoms. The van der Waals surface area contributed by atoms with Crippen LogP contribution in [0.5, 0.6) is 0 Å². The van der Waals surface area contributed by atoms with Gasteiger partial charge in [-0.15, -0.1) is 10.2 Å². The molecule has 4 nitrogen and oxygen atoms in total. The van der Waals surface area contributed by atoms with Crippen LogP contribution in [0.2, 0.25) is 0 Å². The predicted molar refractivity (Wildman–Crippen MR) is 46.0 cm³/mol. The molecule has 0 radical (unpaired) electrons. The van der Waals surface area contributed by atoms with E-state index in [-0.39, 0.29) is 6.54 Å². The van der Waals surface area contributed by atoms with Crippen LogP contribution in [0.25, 0.3) is 6.08 Å². The average Bonchev–Trinajstić information content (AvgIpc) is 2.53. The predicted octanol–water partition coefficient (Wildman–Crippen LogP) is 1.12. The van der Waals surface area contributed by atoms with E-state index in [1.165, 1.54) is 0 Å². The van der Waals surface area contributed by atoms with Crippen LogP contribution in [0.3, 0.4) is 0 Å². The Hall–Kier alpha value is -1.42. The second-order valence-corrected chi connectivity index (χ2v) is 2.12. The Kier molecular flexibility index (Phi) is 3.22. The summed E-state index contributed by atoms with van der Waals surface area (Å²) in [5.41, 5.74) is 5.28. The van der Waals surface area contributed by atoms with Crippen molar-refractivity contribution in [1.29, 1.82) is 0 Å². The molecule has 0 aliphatic heterocycles. The summed E-state index contributed by atoms with van der Waals surface area (Å²) >= 11 is 0. The van der Waals surface area contributed by atoms with E-state index in [9.17, 15) is 0 Å². The number of aromatic nitrogens is 2. The molecule has 0 unspecified atom stereocenters. The van der Waals surface area contributed by atoms with Gasteiger partial charge in [0.15, 0.2) is 0 Å². The van der Waals surface area contributed by atoms with Crippen LogP contribution in [0.4, 0.5) is 0 Å². The van der Waals surface area contributed by atoms with Crippen molar-refractivity contribution in [2.75, 3.05) is 0 Å². The minimum Gasteiger partial charge on any atom is -0.420 e. The van der Waals surface area contributed by atoms with Crippen molar-refractivity contribution in [2.24, 2.45) is 5.73 Å². The van der Waals surface area contributed by atoms with Crippen LogP contribution in [0.1, 0.15) is 18.7 Å². The van der Waals surface area contributed by atoms with E-state index in [4.69, 9.17) is 10.2 Å². The van der Waals surface area contributed by atoms with Gasteiger partial charge < -0.3 is 10.2 Å². The minimum atomic E-state index is 0.282. The third kappa shape index (κ3) is 2.32. The van der Waals surface area contributed by atoms with Gasteiger partial charge in [-0.2, -0.15) is 0 Å². The molecule has 1 aromatic rings. The second kappa shape index (κ2) is 4.46. The zero-order chi connectivity index (χ0) is 8.81. The molecule has 0 spiro atoms. The van der Waals surface area contributed by atoms with Gasteiger partial charge in [-0.3, -0.25) is 0 Å². The Balaban J connectivity index is 2.63. The van der Waals surface area contributed by atoms with Crippen molar-refractivity contribution >= 4 is 6.08 Å². The van der Waals surface area contributed by atoms with Crippen LogP contribution in [-0.2, 0) is 6.54 Å². The zero-order valence-electron chi connectivity index (χ0n) is 6.90. The van der Waals surface area contributed by atoms with Gasteiger partial charge in [-0.1, -0.05) is 18.2 Å². The molecule has 0 saturated heterocycles. The van der Waals surface area contributed by atoms with Gasteiger partial charge in [0, 0.05) is 6.08 Å². The first-order valence-corrected chi connectivity index (χ1v) is 3.68. The van der Waals surface area contributed by atoms with Gasteiger partial charge in [0.05, 0.1) is 6.54 Å². The fraction of sp³-hybridized carbons (Fsp3) is 0.250. The highest BCUT2D eigenvalue weighted by molar-refractivity contribution is 5.40. The SMILES string of the molecule is C/C=C/C=C/c1nnc(CN)o1. The quantitative estimate of drug-likeness (QED) is 0.681. The number of allylic oxidation sites excluding steroid dienone is 3. The molecule has 64 valence electrons. The molecule has 1 aromatic heterocycles. The van der Waals surface area contributed by atoms with Crippen molar-refractivity contribution in [2.45, 2.75) is 13.5 Å². The fourth-order valence-electron chi connectivity index (χ4n) is 0.665. The third-order valence-electron chi connectivity index (χ3n) is 1.20. The van der Waals surface area contributed by atoms with Crippen LogP contribution < -0.4 is 5.73 Å². The van der Waals surface area contributed by atoms with E-state index in [0.717, 1.165) is 0 Å². The van der Waals surface area contributed by atoms with Crippen molar-refractivity contribution in [3.63, 3.8) is 0 Å². The van der Waals surface area contributed by atoms with E-state index in [0.29, 0.717) is 11.8 Å². The Morgan fingerprint density at radius 3 is 2.83 bits per heavy atom. The van der Waals surface area contributed by atoms with E-state index < -0.39 is 0 Å². The maximum Gasteiger partial charge on any atom is 0.240 e. The average molecular weight is 165 g/mol. The summed E-state index contributed by atoms with van der Waals surface area (Å²) in [5, 5.41) is 7.44. The summed E-state index contributed by atoms with van der Waals surface area (Å²) in [6.45, 7) is 2.22. The molecule has 1 rings (SSSR count). The van der Waals surface area contributed by atoms with Gasteiger partial charge in [-0.25, -0.2) is 0 Å². The highest BCUT2D eigenvalue weighted by Crippen LogP contribution is 2.00. The van der Waals surface area contributed by atoms with E-state index in [2.05, 4.69) is 10.2 Å². The summed E-state index contributed by atoms with van der Waals surface area (Å²) in [6.07, 6.45) is 7.35. The Labute approximate surface area is 70.8 Å². The smallest absolute Gasteiger partial charge is 0.240 e. The molecule has 0 aromatic carbocycles. The van der Waals surface area contributed by atoms with Crippen LogP contribution >= 0.6 is 0 Å². The molecule has 0 aliphatic rings. The summed E-state index contributed by atoms with van der Waals surface area (Å²) in [4.78, 5) is 0. The van der Waals surface area contributed by atoms with Gasteiger partial charge in [0.1, 0.15) is 0 Å². The number of rotatable bonds is 3. The van der Waals surface area contributed by atoms with Crippen molar-refractivity contribution in [3.8, 4) is 0 Å². The maximum absolute atomic E-state index is 5.28. The molecule has 0 atom stereocenters. The lowest BCUT2D eigenvalue weighted by molar-refractivity contribution is 0.488. The number of hydrogen-bond acceptors (Lipinski definition) is 4. The first kappa shape index (κ1) is 8.67. The first-order valence-electron chi connectivity index (χ1n) is 3.68. The Morgan fingerprint density at radius 2 is 2.25 bits per heavy atom. The molecule has 0 saturated carbocycles. The number of nitrogens with two attached hydrogens (primary N) is 1. The molecule has 0 fully saturated rings. The zero-order valence-corrected chi connectivity index (χ0v) is 6.90. The first-order chi connectivity index (χ1) is 5.86. The molecule has 2 N–H and O–H groups in total. The Bertz CT molecular complexity index is 288. The molecular weight excluding hydrogens is 154 g/mol. The molecule has 4 heteroatoms. The van der Waals surface area contributed by atoms with Crippen molar-refractivity contribution in [3.05, 3.63) is 30.0 Å². The molecular formula is C8H11N3O. The Morgan fingerprint density at radius 1 is 1.42 bits per heavy atom. The number of nitrogens with zero attached hydrogens (tertiary/aromatic N) is 2. The molecule has 0 amide bonds. The largest absolute Gasteiger partial charge is 0.420 e. The van der Waals surface area contributed by atoms with Crippen LogP contribution in [0, 0.1) is 0 Å². The monoisotopic (exact) mass is 165 g/mol. The highest BCUT2D eigenvalue weighted by Gasteiger charge is 1.98. The maximum atomic E-state index is 5.28. The normalized spacial score (nSPS) is 11.8. The lowest BCUT2D eigenvalue weighted by Gasteiger charge is -1.80.